The summed E-state index contributed by atoms with van der Waals surface area (Å²) in [6.07, 6.45) is 5.22. The molecule has 2 heterocycles. The van der Waals surface area contributed by atoms with Gasteiger partial charge in [0.1, 0.15) is 11.6 Å². The molecule has 1 aromatic carbocycles. The van der Waals surface area contributed by atoms with Crippen LogP contribution in [0.15, 0.2) is 24.3 Å². The molecular weight excluding hydrogens is 383 g/mol. The number of benzene rings is 1. The van der Waals surface area contributed by atoms with Crippen molar-refractivity contribution < 1.29 is 18.7 Å². The van der Waals surface area contributed by atoms with E-state index >= 15 is 0 Å². The van der Waals surface area contributed by atoms with Gasteiger partial charge < -0.3 is 14.5 Å². The van der Waals surface area contributed by atoms with E-state index < -0.39 is 5.41 Å². The fraction of sp³-hybridized carbons (Fsp3) is 0.667. The Morgan fingerprint density at radius 1 is 0.967 bits per heavy atom. The molecule has 2 fully saturated rings. The van der Waals surface area contributed by atoms with E-state index in [4.69, 9.17) is 4.74 Å². The van der Waals surface area contributed by atoms with Gasteiger partial charge >= 0.3 is 0 Å². The van der Waals surface area contributed by atoms with Gasteiger partial charge in [-0.05, 0) is 56.4 Å². The summed E-state index contributed by atoms with van der Waals surface area (Å²) in [5.74, 6) is 0.645. The normalized spacial score (nSPS) is 19.5. The van der Waals surface area contributed by atoms with Gasteiger partial charge in [0, 0.05) is 43.4 Å². The largest absolute Gasteiger partial charge is 0.493 e. The molecule has 2 aliphatic rings. The standard InChI is InChI=1S/C24H35FN2O3/c1-23(2,3)22(29)27-15-11-24(12-16-27,17-21(28)26-13-5-4-6-14-26)18-30-20-9-7-19(25)8-10-20/h7-10H,4-6,11-18H2,1-3H3. The van der Waals surface area contributed by atoms with Crippen LogP contribution in [-0.2, 0) is 9.59 Å². The highest BCUT2D eigenvalue weighted by molar-refractivity contribution is 5.81. The third kappa shape index (κ3) is 5.73. The molecule has 2 saturated heterocycles. The molecule has 30 heavy (non-hydrogen) atoms. The van der Waals surface area contributed by atoms with Crippen LogP contribution >= 0.6 is 0 Å². The first kappa shape index (κ1) is 22.6. The Morgan fingerprint density at radius 2 is 1.57 bits per heavy atom. The third-order valence-electron chi connectivity index (χ3n) is 6.35. The number of amides is 2. The highest BCUT2D eigenvalue weighted by atomic mass is 19.1. The molecule has 5 nitrogen and oxygen atoms in total. The molecule has 3 rings (SSSR count). The summed E-state index contributed by atoms with van der Waals surface area (Å²) in [5, 5.41) is 0. The summed E-state index contributed by atoms with van der Waals surface area (Å²) in [6, 6.07) is 6.00. The minimum Gasteiger partial charge on any atom is -0.493 e. The average Bonchev–Trinajstić information content (AvgIpc) is 2.73. The van der Waals surface area contributed by atoms with Crippen molar-refractivity contribution in [2.75, 3.05) is 32.8 Å². The molecule has 0 aliphatic carbocycles. The molecule has 0 atom stereocenters. The number of hydrogen-bond acceptors (Lipinski definition) is 3. The molecule has 2 amide bonds. The summed E-state index contributed by atoms with van der Waals surface area (Å²) in [7, 11) is 0. The van der Waals surface area contributed by atoms with Crippen molar-refractivity contribution in [3.05, 3.63) is 30.1 Å². The lowest BCUT2D eigenvalue weighted by Gasteiger charge is -2.43. The minimum absolute atomic E-state index is 0.151. The van der Waals surface area contributed by atoms with Crippen molar-refractivity contribution >= 4 is 11.8 Å². The van der Waals surface area contributed by atoms with Gasteiger partial charge in [0.15, 0.2) is 0 Å². The summed E-state index contributed by atoms with van der Waals surface area (Å²) < 4.78 is 19.2. The Balaban J connectivity index is 1.69. The van der Waals surface area contributed by atoms with E-state index in [1.165, 1.54) is 18.6 Å². The fourth-order valence-electron chi connectivity index (χ4n) is 4.37. The summed E-state index contributed by atoms with van der Waals surface area (Å²) in [4.78, 5) is 29.6. The maximum absolute atomic E-state index is 13.2. The van der Waals surface area contributed by atoms with Gasteiger partial charge in [0.25, 0.3) is 0 Å². The van der Waals surface area contributed by atoms with Crippen molar-refractivity contribution in [3.63, 3.8) is 0 Å². The van der Waals surface area contributed by atoms with Gasteiger partial charge in [-0.15, -0.1) is 0 Å². The summed E-state index contributed by atoms with van der Waals surface area (Å²) in [6.45, 7) is 9.16. The molecular formula is C24H35FN2O3. The minimum atomic E-state index is -0.408. The van der Waals surface area contributed by atoms with Crippen LogP contribution in [0.3, 0.4) is 0 Å². The lowest BCUT2D eigenvalue weighted by atomic mass is 9.75. The van der Waals surface area contributed by atoms with E-state index in [0.29, 0.717) is 31.9 Å². The lowest BCUT2D eigenvalue weighted by molar-refractivity contribution is -0.143. The van der Waals surface area contributed by atoms with Gasteiger partial charge in [-0.25, -0.2) is 4.39 Å². The quantitative estimate of drug-likeness (QED) is 0.718. The fourth-order valence-corrected chi connectivity index (χ4v) is 4.37. The number of carbonyl (C=O) groups excluding carboxylic acids is 2. The predicted molar refractivity (Wildman–Crippen MR) is 115 cm³/mol. The molecule has 166 valence electrons. The van der Waals surface area contributed by atoms with E-state index in [1.54, 1.807) is 12.1 Å². The van der Waals surface area contributed by atoms with Gasteiger partial charge in [-0.3, -0.25) is 9.59 Å². The average molecular weight is 419 g/mol. The monoisotopic (exact) mass is 418 g/mol. The Bertz CT molecular complexity index is 728. The first-order valence-electron chi connectivity index (χ1n) is 11.1. The molecule has 0 radical (unpaired) electrons. The number of likely N-dealkylation sites (tertiary alicyclic amines) is 2. The summed E-state index contributed by atoms with van der Waals surface area (Å²) in [5.41, 5.74) is -0.716. The van der Waals surface area contributed by atoms with Gasteiger partial charge in [0.05, 0.1) is 6.61 Å². The smallest absolute Gasteiger partial charge is 0.227 e. The third-order valence-corrected chi connectivity index (χ3v) is 6.35. The van der Waals surface area contributed by atoms with E-state index in [-0.39, 0.29) is 23.0 Å². The molecule has 0 unspecified atom stereocenters. The number of halogens is 1. The van der Waals surface area contributed by atoms with E-state index in [9.17, 15) is 14.0 Å². The Labute approximate surface area is 179 Å². The number of carbonyl (C=O) groups is 2. The Hall–Kier alpha value is -2.11. The zero-order chi connectivity index (χ0) is 21.8. The van der Waals surface area contributed by atoms with Crippen molar-refractivity contribution in [2.24, 2.45) is 10.8 Å². The van der Waals surface area contributed by atoms with Crippen LogP contribution in [0.4, 0.5) is 4.39 Å². The number of ether oxygens (including phenoxy) is 1. The molecule has 1 aromatic rings. The highest BCUT2D eigenvalue weighted by Crippen LogP contribution is 2.38. The molecule has 6 heteroatoms. The van der Waals surface area contributed by atoms with E-state index in [0.717, 1.165) is 38.8 Å². The topological polar surface area (TPSA) is 49.9 Å². The number of nitrogens with zero attached hydrogens (tertiary/aromatic N) is 2. The van der Waals surface area contributed by atoms with Crippen LogP contribution in [0.2, 0.25) is 0 Å². The lowest BCUT2D eigenvalue weighted by Crippen LogP contribution is -2.50. The Morgan fingerprint density at radius 3 is 2.13 bits per heavy atom. The maximum atomic E-state index is 13.2. The second-order valence-corrected chi connectivity index (χ2v) is 9.90. The van der Waals surface area contributed by atoms with Crippen LogP contribution in [0.5, 0.6) is 5.75 Å². The Kier molecular flexibility index (Phi) is 7.04. The van der Waals surface area contributed by atoms with E-state index in [2.05, 4.69) is 0 Å². The van der Waals surface area contributed by atoms with Gasteiger partial charge in [-0.2, -0.15) is 0 Å². The van der Waals surface area contributed by atoms with Gasteiger partial charge in [0.2, 0.25) is 11.8 Å². The summed E-state index contributed by atoms with van der Waals surface area (Å²) >= 11 is 0. The van der Waals surface area contributed by atoms with Crippen molar-refractivity contribution in [1.82, 2.24) is 9.80 Å². The first-order valence-corrected chi connectivity index (χ1v) is 11.1. The van der Waals surface area contributed by atoms with Crippen LogP contribution < -0.4 is 4.74 Å². The van der Waals surface area contributed by atoms with Crippen molar-refractivity contribution in [2.45, 2.75) is 59.3 Å². The van der Waals surface area contributed by atoms with Crippen molar-refractivity contribution in [1.29, 1.82) is 0 Å². The molecule has 0 N–H and O–H groups in total. The zero-order valence-corrected chi connectivity index (χ0v) is 18.6. The molecule has 0 bridgehead atoms. The molecule has 0 saturated carbocycles. The van der Waals surface area contributed by atoms with Crippen molar-refractivity contribution in [3.8, 4) is 5.75 Å². The number of rotatable bonds is 5. The zero-order valence-electron chi connectivity index (χ0n) is 18.6. The number of hydrogen-bond donors (Lipinski definition) is 0. The molecule has 0 aromatic heterocycles. The predicted octanol–water partition coefficient (Wildman–Crippen LogP) is 4.26. The highest BCUT2D eigenvalue weighted by Gasteiger charge is 2.41. The second kappa shape index (κ2) is 9.36. The SMILES string of the molecule is CC(C)(C)C(=O)N1CCC(COc2ccc(F)cc2)(CC(=O)N2CCCCC2)CC1. The first-order chi connectivity index (χ1) is 14.2. The second-order valence-electron chi connectivity index (χ2n) is 9.90. The van der Waals surface area contributed by atoms with E-state index in [1.807, 2.05) is 30.6 Å². The van der Waals surface area contributed by atoms with Crippen LogP contribution in [0.25, 0.3) is 0 Å². The van der Waals surface area contributed by atoms with Crippen LogP contribution in [0.1, 0.15) is 59.3 Å². The van der Waals surface area contributed by atoms with Crippen LogP contribution in [-0.4, -0.2) is 54.4 Å². The van der Waals surface area contributed by atoms with Gasteiger partial charge in [-0.1, -0.05) is 20.8 Å². The molecule has 2 aliphatic heterocycles. The maximum Gasteiger partial charge on any atom is 0.227 e. The molecule has 0 spiro atoms. The van der Waals surface area contributed by atoms with Crippen LogP contribution in [0, 0.1) is 16.6 Å². The number of piperidine rings is 2.